The minimum atomic E-state index is -4.37. The summed E-state index contributed by atoms with van der Waals surface area (Å²) in [7, 11) is -4.37. The molecule has 0 saturated heterocycles. The Morgan fingerprint density at radius 2 is 1.86 bits per heavy atom. The van der Waals surface area contributed by atoms with Gasteiger partial charge in [0.25, 0.3) is 0 Å². The van der Waals surface area contributed by atoms with Crippen LogP contribution < -0.4 is 34.9 Å². The Morgan fingerprint density at radius 3 is 2.54 bits per heavy atom. The molecule has 0 radical (unpaired) electrons. The number of hydrogen-bond donors (Lipinski definition) is 3. The van der Waals surface area contributed by atoms with E-state index in [1.165, 1.54) is 0 Å². The third kappa shape index (κ3) is 5.99. The number of fused-ring (bicyclic) bond motifs is 5. The molecule has 4 saturated carbocycles. The summed E-state index contributed by atoms with van der Waals surface area (Å²) in [6, 6.07) is 0. The number of rotatable bonds is 7. The van der Waals surface area contributed by atoms with Crippen LogP contribution in [0.3, 0.4) is 0 Å². The SMILES string of the molecule is [2H]C1([2H])C[C@@]2(C)[C@H](C[C@H](O)[C@@H]3[C@@H]2CC[C@]2(C)[C@@H]([C@H](C)CCC(=O)NCCS(=O)(=O)[O-])CC[C@@H]32)C([2H])([2H])[C@@H]1O.[Na+]. The first-order chi connectivity index (χ1) is 17.3. The van der Waals surface area contributed by atoms with Gasteiger partial charge < -0.3 is 20.1 Å². The molecule has 0 aromatic heterocycles. The van der Waals surface area contributed by atoms with Crippen molar-refractivity contribution in [1.29, 1.82) is 0 Å². The largest absolute Gasteiger partial charge is 1.00 e. The smallest absolute Gasteiger partial charge is 0.748 e. The maximum atomic E-state index is 12.2. The first kappa shape index (κ1) is 24.3. The quantitative estimate of drug-likeness (QED) is 0.319. The molecule has 7 nitrogen and oxygen atoms in total. The fourth-order valence-corrected chi connectivity index (χ4v) is 8.80. The maximum Gasteiger partial charge on any atom is 1.00 e. The number of nitrogens with one attached hydrogen (secondary N) is 1. The zero-order chi connectivity index (χ0) is 28.5. The zero-order valence-corrected chi connectivity index (χ0v) is 24.4. The number of amides is 1. The van der Waals surface area contributed by atoms with Crippen LogP contribution in [0, 0.1) is 46.3 Å². The Morgan fingerprint density at radius 1 is 1.17 bits per heavy atom. The predicted octanol–water partition coefficient (Wildman–Crippen LogP) is 0.0587. The summed E-state index contributed by atoms with van der Waals surface area (Å²) in [4.78, 5) is 12.2. The van der Waals surface area contributed by atoms with Crippen molar-refractivity contribution < 1.29 is 63.0 Å². The van der Waals surface area contributed by atoms with Crippen molar-refractivity contribution in [1.82, 2.24) is 5.32 Å². The second-order valence-corrected chi connectivity index (χ2v) is 13.5. The van der Waals surface area contributed by atoms with E-state index < -0.39 is 52.2 Å². The van der Waals surface area contributed by atoms with E-state index in [-0.39, 0.29) is 90.4 Å². The van der Waals surface area contributed by atoms with Gasteiger partial charge in [-0.15, -0.1) is 0 Å². The normalized spacial score (nSPS) is 48.3. The summed E-state index contributed by atoms with van der Waals surface area (Å²) >= 11 is 0. The van der Waals surface area contributed by atoms with Crippen LogP contribution in [0.15, 0.2) is 0 Å². The van der Waals surface area contributed by atoms with E-state index in [1.807, 2.05) is 6.92 Å². The van der Waals surface area contributed by atoms with E-state index in [0.29, 0.717) is 12.3 Å². The molecule has 35 heavy (non-hydrogen) atoms. The van der Waals surface area contributed by atoms with Crippen LogP contribution in [0.25, 0.3) is 0 Å². The Labute approximate surface area is 239 Å². The molecule has 4 aliphatic carbocycles. The van der Waals surface area contributed by atoms with Crippen molar-refractivity contribution in [3.8, 4) is 0 Å². The first-order valence-corrected chi connectivity index (χ1v) is 14.5. The van der Waals surface area contributed by atoms with Crippen molar-refractivity contribution in [2.24, 2.45) is 46.3 Å². The third-order valence-electron chi connectivity index (χ3n) is 10.2. The number of carbonyl (C=O) groups excluding carboxylic acids is 1. The molecular formula is C26H44NNaO6S. The Bertz CT molecular complexity index is 1030. The molecule has 4 rings (SSSR count). The molecule has 3 N–H and O–H groups in total. The second kappa shape index (κ2) is 11.2. The number of carbonyl (C=O) groups is 1. The molecule has 0 spiro atoms. The van der Waals surface area contributed by atoms with Crippen LogP contribution in [0.1, 0.15) is 90.4 Å². The van der Waals surface area contributed by atoms with Gasteiger partial charge in [0, 0.05) is 18.4 Å². The van der Waals surface area contributed by atoms with Crippen LogP contribution in [0.4, 0.5) is 0 Å². The van der Waals surface area contributed by atoms with Crippen molar-refractivity contribution in [3.63, 3.8) is 0 Å². The molecule has 1 amide bonds. The summed E-state index contributed by atoms with van der Waals surface area (Å²) in [6.07, 6.45) is -1.81. The molecule has 0 aliphatic heterocycles. The minimum Gasteiger partial charge on any atom is -0.748 e. The van der Waals surface area contributed by atoms with Gasteiger partial charge in [0.2, 0.25) is 5.91 Å². The molecule has 4 fully saturated rings. The third-order valence-corrected chi connectivity index (χ3v) is 10.9. The first-order valence-electron chi connectivity index (χ1n) is 14.9. The summed E-state index contributed by atoms with van der Waals surface area (Å²) in [5.74, 6) is -0.783. The van der Waals surface area contributed by atoms with E-state index in [9.17, 15) is 28.0 Å². The van der Waals surface area contributed by atoms with Gasteiger partial charge in [0.1, 0.15) is 0 Å². The standard InChI is InChI=1S/C26H45NO6S.Na/c1-16(4-7-23(30)27-12-13-34(31,32)33)19-5-6-20-24-21(9-11-26(19,20)3)25(2)10-8-18(28)14-17(25)15-22(24)29;/h16-22,24,28-29H,4-15H2,1-3H3,(H,27,30)(H,31,32,33);/q;+1/p-1/t16-,17+,18-,19-,20+,21+,22+,24+,25+,26-;/m1./s1/i8D2,14D2;. The van der Waals surface area contributed by atoms with Gasteiger partial charge in [0.15, 0.2) is 0 Å². The fraction of sp³-hybridized carbons (Fsp3) is 0.962. The van der Waals surface area contributed by atoms with Gasteiger partial charge in [-0.1, -0.05) is 20.8 Å². The summed E-state index contributed by atoms with van der Waals surface area (Å²) in [6.45, 7) is 6.22. The molecule has 9 heteroatoms. The van der Waals surface area contributed by atoms with Gasteiger partial charge in [-0.25, -0.2) is 8.42 Å². The van der Waals surface area contributed by atoms with Gasteiger partial charge in [-0.3, -0.25) is 4.79 Å². The molecule has 0 bridgehead atoms. The zero-order valence-electron chi connectivity index (χ0n) is 25.6. The van der Waals surface area contributed by atoms with Gasteiger partial charge in [-0.2, -0.15) is 0 Å². The predicted molar refractivity (Wildman–Crippen MR) is 129 cm³/mol. The molecule has 196 valence electrons. The topological polar surface area (TPSA) is 127 Å². The van der Waals surface area contributed by atoms with Crippen LogP contribution in [0.5, 0.6) is 0 Å². The van der Waals surface area contributed by atoms with Gasteiger partial charge in [0.05, 0.1) is 28.1 Å². The van der Waals surface area contributed by atoms with Crippen molar-refractivity contribution in [2.75, 3.05) is 12.3 Å². The van der Waals surface area contributed by atoms with Gasteiger partial charge >= 0.3 is 29.6 Å². The molecule has 4 aliphatic rings. The number of aliphatic hydroxyl groups excluding tert-OH is 2. The molecular weight excluding hydrogens is 477 g/mol. The summed E-state index contributed by atoms with van der Waals surface area (Å²) in [5, 5.41) is 24.5. The van der Waals surface area contributed by atoms with Crippen molar-refractivity contribution in [3.05, 3.63) is 0 Å². The van der Waals surface area contributed by atoms with E-state index in [2.05, 4.69) is 19.2 Å². The van der Waals surface area contributed by atoms with Crippen LogP contribution in [0.2, 0.25) is 0 Å². The van der Waals surface area contributed by atoms with Crippen LogP contribution in [-0.4, -0.2) is 53.6 Å². The van der Waals surface area contributed by atoms with Crippen molar-refractivity contribution in [2.45, 2.75) is 97.1 Å². The van der Waals surface area contributed by atoms with Crippen molar-refractivity contribution >= 4 is 16.0 Å². The average Bonchev–Trinajstić information content (AvgIpc) is 3.14. The Kier molecular flexibility index (Phi) is 7.78. The van der Waals surface area contributed by atoms with Gasteiger partial charge in [-0.05, 0) is 104 Å². The summed E-state index contributed by atoms with van der Waals surface area (Å²) in [5.41, 5.74) is -0.707. The monoisotopic (exact) mass is 525 g/mol. The second-order valence-electron chi connectivity index (χ2n) is 12.0. The minimum absolute atomic E-state index is 0. The van der Waals surface area contributed by atoms with E-state index in [0.717, 1.165) is 25.7 Å². The Hall–Kier alpha value is 0.300. The molecule has 10 atom stereocenters. The van der Waals surface area contributed by atoms with Crippen LogP contribution >= 0.6 is 0 Å². The molecule has 0 aromatic carbocycles. The number of aliphatic hydroxyl groups is 2. The Balaban J connectivity index is 0.00000420. The van der Waals surface area contributed by atoms with Crippen LogP contribution in [-0.2, 0) is 14.9 Å². The van der Waals surface area contributed by atoms with E-state index in [4.69, 9.17) is 5.48 Å². The molecule has 0 unspecified atom stereocenters. The fourth-order valence-electron chi connectivity index (χ4n) is 8.44. The molecule has 0 aromatic rings. The maximum absolute atomic E-state index is 12.2. The van der Waals surface area contributed by atoms with E-state index >= 15 is 0 Å². The summed E-state index contributed by atoms with van der Waals surface area (Å²) < 4.78 is 66.5. The average molecular weight is 526 g/mol. The number of hydrogen-bond acceptors (Lipinski definition) is 6. The molecule has 0 heterocycles. The van der Waals surface area contributed by atoms with E-state index in [1.54, 1.807) is 0 Å².